The summed E-state index contributed by atoms with van der Waals surface area (Å²) in [5.74, 6) is 1.61. The van der Waals surface area contributed by atoms with Gasteiger partial charge in [-0.25, -0.2) is 0 Å². The molecule has 3 rings (SSSR count). The molecule has 2 aromatic heterocycles. The highest BCUT2D eigenvalue weighted by Crippen LogP contribution is 2.18. The zero-order valence-corrected chi connectivity index (χ0v) is 14.9. The van der Waals surface area contributed by atoms with Gasteiger partial charge in [0.1, 0.15) is 6.61 Å². The van der Waals surface area contributed by atoms with Crippen LogP contribution >= 0.6 is 11.3 Å². The van der Waals surface area contributed by atoms with Gasteiger partial charge in [-0.2, -0.15) is 4.98 Å². The zero-order chi connectivity index (χ0) is 16.9. The second-order valence-corrected chi connectivity index (χ2v) is 7.40. The number of ether oxygens (including phenoxy) is 1. The lowest BCUT2D eigenvalue weighted by atomic mass is 10.1. The molecule has 1 saturated heterocycles. The molecule has 7 heteroatoms. The molecule has 2 aromatic rings. The van der Waals surface area contributed by atoms with Crippen LogP contribution in [0.3, 0.4) is 0 Å². The molecule has 0 unspecified atom stereocenters. The number of aromatic nitrogens is 2. The minimum Gasteiger partial charge on any atom is -0.367 e. The topological polar surface area (TPSA) is 68.5 Å². The quantitative estimate of drug-likeness (QED) is 0.802. The number of nitrogens with zero attached hydrogens (tertiary/aromatic N) is 3. The molecule has 0 aliphatic carbocycles. The molecule has 1 amide bonds. The van der Waals surface area contributed by atoms with Crippen molar-refractivity contribution in [2.45, 2.75) is 51.7 Å². The van der Waals surface area contributed by atoms with E-state index >= 15 is 0 Å². The third-order valence-corrected chi connectivity index (χ3v) is 4.96. The highest BCUT2D eigenvalue weighted by atomic mass is 32.1. The van der Waals surface area contributed by atoms with Crippen LogP contribution < -0.4 is 0 Å². The number of piperidine rings is 1. The average Bonchev–Trinajstić information content (AvgIpc) is 3.25. The Morgan fingerprint density at radius 1 is 1.54 bits per heavy atom. The van der Waals surface area contributed by atoms with Crippen LogP contribution in [-0.4, -0.2) is 40.1 Å². The molecule has 0 N–H and O–H groups in total. The lowest BCUT2D eigenvalue weighted by Crippen LogP contribution is -2.43. The van der Waals surface area contributed by atoms with E-state index in [-0.39, 0.29) is 17.9 Å². The Morgan fingerprint density at radius 2 is 2.42 bits per heavy atom. The van der Waals surface area contributed by atoms with Crippen molar-refractivity contribution in [3.63, 3.8) is 0 Å². The van der Waals surface area contributed by atoms with Gasteiger partial charge in [0.25, 0.3) is 5.89 Å². The number of amides is 1. The molecule has 0 radical (unpaired) electrons. The standard InChI is InChI=1S/C17H23N3O3S/c1-12(2)17-18-15(23-19-17)11-22-13-5-3-7-20(10-13)16(21)9-14-6-4-8-24-14/h4,6,8,12-13H,3,5,7,9-11H2,1-2H3/t13-/m0/s1. The first-order chi connectivity index (χ1) is 11.6. The molecule has 1 aliphatic heterocycles. The molecule has 3 heterocycles. The highest BCUT2D eigenvalue weighted by Gasteiger charge is 2.25. The largest absolute Gasteiger partial charge is 0.367 e. The summed E-state index contributed by atoms with van der Waals surface area (Å²) in [4.78, 5) is 19.7. The third kappa shape index (κ3) is 4.42. The Hall–Kier alpha value is -1.73. The number of carbonyl (C=O) groups is 1. The van der Waals surface area contributed by atoms with E-state index < -0.39 is 0 Å². The zero-order valence-electron chi connectivity index (χ0n) is 14.1. The maximum absolute atomic E-state index is 12.4. The van der Waals surface area contributed by atoms with Crippen LogP contribution in [0.4, 0.5) is 0 Å². The van der Waals surface area contributed by atoms with Crippen molar-refractivity contribution in [2.75, 3.05) is 13.1 Å². The number of likely N-dealkylation sites (tertiary alicyclic amines) is 1. The summed E-state index contributed by atoms with van der Waals surface area (Å²) in [6, 6.07) is 3.98. The molecule has 1 fully saturated rings. The van der Waals surface area contributed by atoms with E-state index in [4.69, 9.17) is 9.26 Å². The van der Waals surface area contributed by atoms with Gasteiger partial charge >= 0.3 is 0 Å². The molecule has 0 spiro atoms. The maximum atomic E-state index is 12.4. The first-order valence-electron chi connectivity index (χ1n) is 8.36. The molecular formula is C17H23N3O3S. The summed E-state index contributed by atoms with van der Waals surface area (Å²) in [6.07, 6.45) is 2.42. The monoisotopic (exact) mass is 349 g/mol. The second kappa shape index (κ2) is 7.90. The van der Waals surface area contributed by atoms with Crippen LogP contribution in [0.5, 0.6) is 0 Å². The van der Waals surface area contributed by atoms with E-state index in [2.05, 4.69) is 10.1 Å². The summed E-state index contributed by atoms with van der Waals surface area (Å²) >= 11 is 1.62. The molecule has 1 atom stereocenters. The van der Waals surface area contributed by atoms with Crippen LogP contribution in [0, 0.1) is 0 Å². The Bertz CT molecular complexity index is 654. The van der Waals surface area contributed by atoms with Crippen LogP contribution in [0.15, 0.2) is 22.0 Å². The third-order valence-electron chi connectivity index (χ3n) is 4.08. The van der Waals surface area contributed by atoms with Crippen LogP contribution in [0.1, 0.15) is 49.2 Å². The fraction of sp³-hybridized carbons (Fsp3) is 0.588. The summed E-state index contributed by atoms with van der Waals surface area (Å²) in [5, 5.41) is 5.94. The van der Waals surface area contributed by atoms with Gasteiger partial charge in [0.15, 0.2) is 5.82 Å². The molecule has 0 saturated carbocycles. The minimum absolute atomic E-state index is 0.0282. The molecule has 0 aromatic carbocycles. The Morgan fingerprint density at radius 3 is 3.12 bits per heavy atom. The van der Waals surface area contributed by atoms with E-state index in [1.807, 2.05) is 36.3 Å². The summed E-state index contributed by atoms with van der Waals surface area (Å²) in [5.41, 5.74) is 0. The van der Waals surface area contributed by atoms with E-state index in [0.29, 0.717) is 31.3 Å². The molecule has 6 nitrogen and oxygen atoms in total. The van der Waals surface area contributed by atoms with Gasteiger partial charge in [-0.15, -0.1) is 11.3 Å². The minimum atomic E-state index is 0.0282. The first kappa shape index (κ1) is 17.1. The van der Waals surface area contributed by atoms with Crippen molar-refractivity contribution in [1.29, 1.82) is 0 Å². The SMILES string of the molecule is CC(C)c1noc(CO[C@H]2CCCN(C(=O)Cc3cccs3)C2)n1. The van der Waals surface area contributed by atoms with Crippen LogP contribution in [0.2, 0.25) is 0 Å². The van der Waals surface area contributed by atoms with Crippen molar-refractivity contribution in [2.24, 2.45) is 0 Å². The maximum Gasteiger partial charge on any atom is 0.252 e. The molecule has 130 valence electrons. The van der Waals surface area contributed by atoms with E-state index in [1.54, 1.807) is 11.3 Å². The predicted octanol–water partition coefficient (Wildman–Crippen LogP) is 3.00. The van der Waals surface area contributed by atoms with Crippen molar-refractivity contribution < 1.29 is 14.1 Å². The normalized spacial score (nSPS) is 18.3. The van der Waals surface area contributed by atoms with Gasteiger partial charge in [-0.1, -0.05) is 25.1 Å². The Balaban J connectivity index is 1.48. The van der Waals surface area contributed by atoms with E-state index in [9.17, 15) is 4.79 Å². The Kier molecular flexibility index (Phi) is 5.63. The van der Waals surface area contributed by atoms with Crippen molar-refractivity contribution >= 4 is 17.2 Å². The second-order valence-electron chi connectivity index (χ2n) is 6.37. The number of hydrogen-bond acceptors (Lipinski definition) is 6. The summed E-state index contributed by atoms with van der Waals surface area (Å²) < 4.78 is 11.1. The lowest BCUT2D eigenvalue weighted by molar-refractivity contribution is -0.135. The Labute approximate surface area is 145 Å². The van der Waals surface area contributed by atoms with Crippen molar-refractivity contribution in [3.8, 4) is 0 Å². The fourth-order valence-corrected chi connectivity index (χ4v) is 3.42. The van der Waals surface area contributed by atoms with Gasteiger partial charge < -0.3 is 14.2 Å². The summed E-state index contributed by atoms with van der Waals surface area (Å²) in [6.45, 7) is 5.79. The molecule has 1 aliphatic rings. The number of rotatable bonds is 6. The van der Waals surface area contributed by atoms with E-state index in [1.165, 1.54) is 0 Å². The average molecular weight is 349 g/mol. The van der Waals surface area contributed by atoms with Crippen molar-refractivity contribution in [1.82, 2.24) is 15.0 Å². The lowest BCUT2D eigenvalue weighted by Gasteiger charge is -2.32. The van der Waals surface area contributed by atoms with Gasteiger partial charge in [-0.05, 0) is 24.3 Å². The highest BCUT2D eigenvalue weighted by molar-refractivity contribution is 7.10. The number of hydrogen-bond donors (Lipinski definition) is 0. The molecule has 0 bridgehead atoms. The van der Waals surface area contributed by atoms with Gasteiger partial charge in [-0.3, -0.25) is 4.79 Å². The number of carbonyl (C=O) groups excluding carboxylic acids is 1. The predicted molar refractivity (Wildman–Crippen MR) is 90.8 cm³/mol. The van der Waals surface area contributed by atoms with Crippen molar-refractivity contribution in [3.05, 3.63) is 34.1 Å². The first-order valence-corrected chi connectivity index (χ1v) is 9.24. The van der Waals surface area contributed by atoms with Crippen LogP contribution in [0.25, 0.3) is 0 Å². The fourth-order valence-electron chi connectivity index (χ4n) is 2.73. The molecular weight excluding hydrogens is 326 g/mol. The van der Waals surface area contributed by atoms with Crippen LogP contribution in [-0.2, 0) is 22.6 Å². The smallest absolute Gasteiger partial charge is 0.252 e. The van der Waals surface area contributed by atoms with Gasteiger partial charge in [0.05, 0.1) is 12.5 Å². The van der Waals surface area contributed by atoms with Gasteiger partial charge in [0.2, 0.25) is 5.91 Å². The molecule has 24 heavy (non-hydrogen) atoms. The number of thiophene rings is 1. The summed E-state index contributed by atoms with van der Waals surface area (Å²) in [7, 11) is 0. The van der Waals surface area contributed by atoms with E-state index in [0.717, 1.165) is 24.3 Å². The van der Waals surface area contributed by atoms with Gasteiger partial charge in [0, 0.05) is 23.9 Å².